The number of hydrogen-bond acceptors (Lipinski definition) is 5. The third-order valence-corrected chi connectivity index (χ3v) is 5.68. The number of amides is 1. The summed E-state index contributed by atoms with van der Waals surface area (Å²) in [5.74, 6) is 0.0330. The van der Waals surface area contributed by atoms with Gasteiger partial charge < -0.3 is 19.9 Å². The Bertz CT molecular complexity index is 1390. The predicted molar refractivity (Wildman–Crippen MR) is 136 cm³/mol. The molecule has 1 amide bonds. The zero-order valence-corrected chi connectivity index (χ0v) is 19.7. The molecule has 0 aliphatic carbocycles. The molecule has 0 aliphatic rings. The number of methoxy groups -OCH3 is 2. The number of pyridine rings is 1. The van der Waals surface area contributed by atoms with Crippen LogP contribution >= 0.6 is 11.6 Å². The molecule has 1 aromatic heterocycles. The number of aromatic nitrogens is 1. The van der Waals surface area contributed by atoms with Gasteiger partial charge in [-0.3, -0.25) is 9.78 Å². The van der Waals surface area contributed by atoms with Gasteiger partial charge in [0.25, 0.3) is 0 Å². The van der Waals surface area contributed by atoms with E-state index in [1.807, 2.05) is 49.4 Å². The van der Waals surface area contributed by atoms with Crippen molar-refractivity contribution in [1.29, 1.82) is 0 Å². The fraction of sp³-hybridized carbons (Fsp3) is 0.111. The average Bonchev–Trinajstić information content (AvgIpc) is 2.83. The Morgan fingerprint density at radius 3 is 2.44 bits per heavy atom. The van der Waals surface area contributed by atoms with Crippen LogP contribution < -0.4 is 14.8 Å². The highest BCUT2D eigenvalue weighted by Crippen LogP contribution is 2.39. The van der Waals surface area contributed by atoms with Gasteiger partial charge in [0.05, 0.1) is 31.6 Å². The summed E-state index contributed by atoms with van der Waals surface area (Å²) in [6.45, 7) is 2.00. The molecule has 172 valence electrons. The van der Waals surface area contributed by atoms with E-state index in [4.69, 9.17) is 21.1 Å². The van der Waals surface area contributed by atoms with Crippen LogP contribution in [0.15, 0.2) is 66.9 Å². The van der Waals surface area contributed by atoms with E-state index < -0.39 is 0 Å². The molecule has 0 atom stereocenters. The van der Waals surface area contributed by atoms with E-state index in [0.29, 0.717) is 16.3 Å². The van der Waals surface area contributed by atoms with Gasteiger partial charge in [-0.15, -0.1) is 0 Å². The SMILES string of the molecule is COc1cc(/C=C/C(=O)Nc2cnc3ccc(C)cc3c2-c2ccccc2Cl)cc(OC)c1O. The summed E-state index contributed by atoms with van der Waals surface area (Å²) < 4.78 is 10.3. The van der Waals surface area contributed by atoms with Crippen molar-refractivity contribution in [2.75, 3.05) is 19.5 Å². The second-order valence-corrected chi connectivity index (χ2v) is 8.05. The summed E-state index contributed by atoms with van der Waals surface area (Å²) in [4.78, 5) is 17.4. The van der Waals surface area contributed by atoms with E-state index in [0.717, 1.165) is 27.6 Å². The maximum atomic E-state index is 12.9. The molecule has 6 nitrogen and oxygen atoms in total. The predicted octanol–water partition coefficient (Wildman–Crippen LogP) is 6.24. The number of carbonyl (C=O) groups excluding carboxylic acids is 1. The normalized spacial score (nSPS) is 11.1. The lowest BCUT2D eigenvalue weighted by Gasteiger charge is -2.15. The van der Waals surface area contributed by atoms with Crippen LogP contribution in [0.25, 0.3) is 28.1 Å². The van der Waals surface area contributed by atoms with Crippen LogP contribution in [-0.4, -0.2) is 30.2 Å². The number of phenols is 1. The maximum absolute atomic E-state index is 12.9. The molecule has 0 fully saturated rings. The lowest BCUT2D eigenvalue weighted by molar-refractivity contribution is -0.111. The first kappa shape index (κ1) is 23.1. The van der Waals surface area contributed by atoms with E-state index in [1.165, 1.54) is 20.3 Å². The molecule has 0 aliphatic heterocycles. The van der Waals surface area contributed by atoms with E-state index >= 15 is 0 Å². The Morgan fingerprint density at radius 2 is 1.76 bits per heavy atom. The van der Waals surface area contributed by atoms with Crippen molar-refractivity contribution in [2.45, 2.75) is 6.92 Å². The molecule has 2 N–H and O–H groups in total. The minimum atomic E-state index is -0.354. The van der Waals surface area contributed by atoms with Crippen LogP contribution in [-0.2, 0) is 4.79 Å². The van der Waals surface area contributed by atoms with Crippen molar-refractivity contribution < 1.29 is 19.4 Å². The number of nitrogens with zero attached hydrogens (tertiary/aromatic N) is 1. The molecular formula is C27H23ClN2O4. The number of halogens is 1. The molecule has 1 heterocycles. The molecule has 0 bridgehead atoms. The number of carbonyl (C=O) groups is 1. The van der Waals surface area contributed by atoms with Gasteiger partial charge in [0, 0.05) is 27.6 Å². The number of benzene rings is 3. The quantitative estimate of drug-likeness (QED) is 0.323. The van der Waals surface area contributed by atoms with Crippen molar-refractivity contribution in [3.8, 4) is 28.4 Å². The van der Waals surface area contributed by atoms with E-state index in [9.17, 15) is 9.90 Å². The summed E-state index contributed by atoms with van der Waals surface area (Å²) in [6, 6.07) is 16.7. The van der Waals surface area contributed by atoms with Crippen LogP contribution in [0.2, 0.25) is 5.02 Å². The molecule has 0 unspecified atom stereocenters. The lowest BCUT2D eigenvalue weighted by Crippen LogP contribution is -2.09. The van der Waals surface area contributed by atoms with Gasteiger partial charge in [-0.25, -0.2) is 0 Å². The first-order chi connectivity index (χ1) is 16.4. The van der Waals surface area contributed by atoms with E-state index in [-0.39, 0.29) is 23.2 Å². The van der Waals surface area contributed by atoms with Crippen molar-refractivity contribution in [3.05, 3.63) is 83.0 Å². The number of aryl methyl sites for hydroxylation is 1. The monoisotopic (exact) mass is 474 g/mol. The third kappa shape index (κ3) is 4.67. The highest BCUT2D eigenvalue weighted by molar-refractivity contribution is 6.34. The van der Waals surface area contributed by atoms with Gasteiger partial charge in [0.1, 0.15) is 0 Å². The van der Waals surface area contributed by atoms with E-state index in [1.54, 1.807) is 24.4 Å². The first-order valence-corrected chi connectivity index (χ1v) is 10.9. The Hall–Kier alpha value is -4.03. The molecule has 0 radical (unpaired) electrons. The molecule has 0 spiro atoms. The highest BCUT2D eigenvalue weighted by atomic mass is 35.5. The summed E-state index contributed by atoms with van der Waals surface area (Å²) in [5, 5.41) is 14.5. The van der Waals surface area contributed by atoms with Gasteiger partial charge >= 0.3 is 0 Å². The zero-order valence-electron chi connectivity index (χ0n) is 18.9. The number of anilines is 1. The number of phenolic OH excluding ortho intramolecular Hbond substituents is 1. The average molecular weight is 475 g/mol. The topological polar surface area (TPSA) is 80.7 Å². The van der Waals surface area contributed by atoms with Gasteiger partial charge in [-0.05, 0) is 48.9 Å². The molecule has 34 heavy (non-hydrogen) atoms. The molecule has 0 saturated heterocycles. The number of nitrogens with one attached hydrogen (secondary N) is 1. The van der Waals surface area contributed by atoms with Gasteiger partial charge in [-0.1, -0.05) is 41.4 Å². The second-order valence-electron chi connectivity index (χ2n) is 7.64. The maximum Gasteiger partial charge on any atom is 0.248 e. The van der Waals surface area contributed by atoms with Crippen LogP contribution in [0.3, 0.4) is 0 Å². The van der Waals surface area contributed by atoms with E-state index in [2.05, 4.69) is 10.3 Å². The van der Waals surface area contributed by atoms with Gasteiger partial charge in [0.2, 0.25) is 11.7 Å². The molecule has 0 saturated carbocycles. The van der Waals surface area contributed by atoms with Crippen molar-refractivity contribution in [1.82, 2.24) is 4.98 Å². The Morgan fingerprint density at radius 1 is 1.06 bits per heavy atom. The standard InChI is InChI=1S/C27H23ClN2O4/c1-16-8-10-21-19(12-16)26(18-6-4-5-7-20(18)28)22(15-29-21)30-25(31)11-9-17-13-23(33-2)27(32)24(14-17)34-3/h4-15,32H,1-3H3,(H,30,31)/b11-9+. The zero-order chi connectivity index (χ0) is 24.2. The fourth-order valence-electron chi connectivity index (χ4n) is 3.71. The summed E-state index contributed by atoms with van der Waals surface area (Å²) in [6.07, 6.45) is 4.63. The summed E-state index contributed by atoms with van der Waals surface area (Å²) in [7, 11) is 2.89. The van der Waals surface area contributed by atoms with Crippen LogP contribution in [0.4, 0.5) is 5.69 Å². The Labute approximate surface area is 202 Å². The minimum Gasteiger partial charge on any atom is -0.502 e. The number of ether oxygens (including phenoxy) is 2. The molecular weight excluding hydrogens is 452 g/mol. The largest absolute Gasteiger partial charge is 0.502 e. The minimum absolute atomic E-state index is 0.103. The summed E-state index contributed by atoms with van der Waals surface area (Å²) >= 11 is 6.53. The first-order valence-electron chi connectivity index (χ1n) is 10.5. The Balaban J connectivity index is 1.72. The van der Waals surface area contributed by atoms with Crippen LogP contribution in [0, 0.1) is 6.92 Å². The number of hydrogen-bond donors (Lipinski definition) is 2. The van der Waals surface area contributed by atoms with Gasteiger partial charge in [0.15, 0.2) is 11.5 Å². The fourth-order valence-corrected chi connectivity index (χ4v) is 3.94. The van der Waals surface area contributed by atoms with Crippen LogP contribution in [0.5, 0.6) is 17.2 Å². The third-order valence-electron chi connectivity index (χ3n) is 5.35. The number of aromatic hydroxyl groups is 1. The van der Waals surface area contributed by atoms with Crippen molar-refractivity contribution in [2.24, 2.45) is 0 Å². The van der Waals surface area contributed by atoms with Crippen LogP contribution in [0.1, 0.15) is 11.1 Å². The summed E-state index contributed by atoms with van der Waals surface area (Å²) in [5.41, 5.74) is 4.64. The number of rotatable bonds is 6. The molecule has 7 heteroatoms. The van der Waals surface area contributed by atoms with Crippen molar-refractivity contribution >= 4 is 40.2 Å². The Kier molecular flexibility index (Phi) is 6.70. The molecule has 4 rings (SSSR count). The lowest BCUT2D eigenvalue weighted by atomic mass is 9.98. The number of fused-ring (bicyclic) bond motifs is 1. The highest BCUT2D eigenvalue weighted by Gasteiger charge is 2.16. The molecule has 3 aromatic carbocycles. The molecule has 4 aromatic rings. The smallest absolute Gasteiger partial charge is 0.248 e. The second kappa shape index (κ2) is 9.85. The van der Waals surface area contributed by atoms with Crippen molar-refractivity contribution in [3.63, 3.8) is 0 Å². The van der Waals surface area contributed by atoms with Gasteiger partial charge in [-0.2, -0.15) is 0 Å².